The lowest BCUT2D eigenvalue weighted by Crippen LogP contribution is -2.64. The number of hydrogen-bond acceptors (Lipinski definition) is 7. The van der Waals surface area contributed by atoms with E-state index in [1.165, 1.54) is 15.5 Å². The Kier molecular flexibility index (Phi) is 5.42. The van der Waals surface area contributed by atoms with Gasteiger partial charge in [0.05, 0.1) is 24.0 Å². The number of carbonyl (C=O) groups is 1. The second-order valence-corrected chi connectivity index (χ2v) is 10.7. The van der Waals surface area contributed by atoms with Crippen LogP contribution in [0.5, 0.6) is 0 Å². The summed E-state index contributed by atoms with van der Waals surface area (Å²) in [6.45, 7) is 6.06. The van der Waals surface area contributed by atoms with Crippen molar-refractivity contribution in [3.63, 3.8) is 0 Å². The minimum atomic E-state index is -1.04. The van der Waals surface area contributed by atoms with Crippen molar-refractivity contribution in [1.82, 2.24) is 39.2 Å². The van der Waals surface area contributed by atoms with Gasteiger partial charge in [0.1, 0.15) is 17.0 Å². The monoisotopic (exact) mass is 531 g/mol. The maximum atomic E-state index is 14.4. The molecule has 0 bridgehead atoms. The Labute approximate surface area is 220 Å². The number of nitrogens with two attached hydrogens (primary N) is 1. The first kappa shape index (κ1) is 24.5. The molecule has 1 saturated heterocycles. The third kappa shape index (κ3) is 3.88. The topological polar surface area (TPSA) is 161 Å². The number of imidazole rings is 1. The predicted molar refractivity (Wildman–Crippen MR) is 142 cm³/mol. The van der Waals surface area contributed by atoms with Gasteiger partial charge in [-0.25, -0.2) is 33.6 Å². The lowest BCUT2D eigenvalue weighted by Gasteiger charge is -2.52. The molecule has 4 N–H and O–H groups in total. The fourth-order valence-electron chi connectivity index (χ4n) is 5.50. The number of nitrogen functional groups attached to an aromatic ring is 1. The van der Waals surface area contributed by atoms with E-state index in [1.807, 2.05) is 26.8 Å². The van der Waals surface area contributed by atoms with Crippen LogP contribution in [0.2, 0.25) is 0 Å². The van der Waals surface area contributed by atoms with Crippen LogP contribution in [0.3, 0.4) is 0 Å². The number of anilines is 1. The van der Waals surface area contributed by atoms with Crippen LogP contribution in [0.25, 0.3) is 33.7 Å². The van der Waals surface area contributed by atoms with Gasteiger partial charge in [-0.15, -0.1) is 0 Å². The van der Waals surface area contributed by atoms with Gasteiger partial charge in [-0.05, 0) is 23.6 Å². The summed E-state index contributed by atoms with van der Waals surface area (Å²) in [6.07, 6.45) is 0.573. The predicted octanol–water partition coefficient (Wildman–Crippen LogP) is 3.25. The van der Waals surface area contributed by atoms with Crippen molar-refractivity contribution in [2.45, 2.75) is 39.4 Å². The number of aromatic nitrogens is 7. The molecule has 1 aliphatic heterocycles. The standard InChI is InChI=1S/C26H26FN9O3/c1-26(2,3)19-16(12-34(19)25(38)39)36-18-20(28)30-21(31-22(18)32-24(36)37)17-14-8-6-10-29-23(14)35(33-17)11-13-7-4-5-9-15(13)27/h4-10,16,19H,11-12H2,1-3H3,(H,38,39)(H3,28,30,31,32,37). The number of halogens is 1. The molecule has 13 heteroatoms. The lowest BCUT2D eigenvalue weighted by molar-refractivity contribution is -0.0271. The van der Waals surface area contributed by atoms with Crippen LogP contribution in [0.1, 0.15) is 32.4 Å². The molecule has 1 amide bonds. The third-order valence-corrected chi connectivity index (χ3v) is 7.14. The summed E-state index contributed by atoms with van der Waals surface area (Å²) in [4.78, 5) is 42.5. The molecule has 0 radical (unpaired) electrons. The number of nitrogens with zero attached hydrogens (tertiary/aromatic N) is 7. The molecule has 1 fully saturated rings. The average Bonchev–Trinajstić information content (AvgIpc) is 3.36. The molecule has 39 heavy (non-hydrogen) atoms. The van der Waals surface area contributed by atoms with Crippen molar-refractivity contribution in [3.8, 4) is 11.5 Å². The summed E-state index contributed by atoms with van der Waals surface area (Å²) in [5.41, 5.74) is 7.38. The van der Waals surface area contributed by atoms with Crippen molar-refractivity contribution in [2.24, 2.45) is 5.41 Å². The molecule has 1 aliphatic rings. The van der Waals surface area contributed by atoms with Crippen molar-refractivity contribution in [3.05, 3.63) is 64.5 Å². The summed E-state index contributed by atoms with van der Waals surface area (Å²) < 4.78 is 17.4. The Morgan fingerprint density at radius 3 is 2.69 bits per heavy atom. The fourth-order valence-corrected chi connectivity index (χ4v) is 5.50. The van der Waals surface area contributed by atoms with E-state index >= 15 is 0 Å². The number of benzene rings is 1. The van der Waals surface area contributed by atoms with Gasteiger partial charge in [0.15, 0.2) is 22.9 Å². The number of carboxylic acid groups (broad SMARTS) is 1. The van der Waals surface area contributed by atoms with E-state index in [0.717, 1.165) is 0 Å². The highest BCUT2D eigenvalue weighted by Gasteiger charge is 2.50. The number of likely N-dealkylation sites (tertiary alicyclic amines) is 1. The molecular weight excluding hydrogens is 505 g/mol. The largest absolute Gasteiger partial charge is 0.465 e. The van der Waals surface area contributed by atoms with Crippen LogP contribution in [-0.4, -0.2) is 63.0 Å². The van der Waals surface area contributed by atoms with E-state index in [9.17, 15) is 19.1 Å². The molecule has 0 saturated carbocycles. The van der Waals surface area contributed by atoms with Gasteiger partial charge >= 0.3 is 11.8 Å². The zero-order valence-electron chi connectivity index (χ0n) is 21.5. The van der Waals surface area contributed by atoms with Crippen molar-refractivity contribution in [1.29, 1.82) is 0 Å². The highest BCUT2D eigenvalue weighted by Crippen LogP contribution is 2.42. The minimum Gasteiger partial charge on any atom is -0.465 e. The second-order valence-electron chi connectivity index (χ2n) is 10.7. The zero-order chi connectivity index (χ0) is 27.6. The first-order chi connectivity index (χ1) is 18.5. The number of hydrogen-bond donors (Lipinski definition) is 3. The van der Waals surface area contributed by atoms with Crippen LogP contribution >= 0.6 is 0 Å². The number of aromatic amines is 1. The lowest BCUT2D eigenvalue weighted by atomic mass is 9.76. The summed E-state index contributed by atoms with van der Waals surface area (Å²) in [7, 11) is 0. The third-order valence-electron chi connectivity index (χ3n) is 7.14. The summed E-state index contributed by atoms with van der Waals surface area (Å²) in [5.74, 6) is -0.132. The van der Waals surface area contributed by atoms with Crippen molar-refractivity contribution < 1.29 is 14.3 Å². The molecule has 2 atom stereocenters. The number of amides is 1. The molecule has 5 aromatic rings. The van der Waals surface area contributed by atoms with Crippen LogP contribution in [0.4, 0.5) is 15.0 Å². The molecule has 0 spiro atoms. The summed E-state index contributed by atoms with van der Waals surface area (Å²) in [6, 6.07) is 9.10. The SMILES string of the molecule is CC(C)(C)C1C(n2c(=O)[nH]c3nc(-c4nn(Cc5ccccc5F)c5ncccc45)nc(N)c32)CN1C(=O)O. The second kappa shape index (κ2) is 8.61. The first-order valence-corrected chi connectivity index (χ1v) is 12.4. The molecule has 200 valence electrons. The van der Waals surface area contributed by atoms with Gasteiger partial charge in [-0.1, -0.05) is 39.0 Å². The number of nitrogens with one attached hydrogen (secondary N) is 1. The van der Waals surface area contributed by atoms with Gasteiger partial charge < -0.3 is 15.7 Å². The molecular formula is C26H26FN9O3. The van der Waals surface area contributed by atoms with Crippen molar-refractivity contribution >= 4 is 34.1 Å². The number of pyridine rings is 1. The van der Waals surface area contributed by atoms with E-state index in [-0.39, 0.29) is 36.2 Å². The highest BCUT2D eigenvalue weighted by atomic mass is 19.1. The summed E-state index contributed by atoms with van der Waals surface area (Å²) in [5, 5.41) is 14.9. The van der Waals surface area contributed by atoms with Gasteiger partial charge in [0, 0.05) is 18.3 Å². The van der Waals surface area contributed by atoms with Crippen LogP contribution in [0.15, 0.2) is 47.4 Å². The Morgan fingerprint density at radius 1 is 1.21 bits per heavy atom. The summed E-state index contributed by atoms with van der Waals surface area (Å²) >= 11 is 0. The van der Waals surface area contributed by atoms with Gasteiger partial charge in [0.2, 0.25) is 0 Å². The molecule has 5 heterocycles. The minimum absolute atomic E-state index is 0.0514. The average molecular weight is 532 g/mol. The van der Waals surface area contributed by atoms with E-state index in [4.69, 9.17) is 5.73 Å². The molecule has 1 aromatic carbocycles. The van der Waals surface area contributed by atoms with Crippen molar-refractivity contribution in [2.75, 3.05) is 12.3 Å². The molecule has 6 rings (SSSR count). The van der Waals surface area contributed by atoms with E-state index in [0.29, 0.717) is 27.8 Å². The van der Waals surface area contributed by atoms with E-state index in [1.54, 1.807) is 35.1 Å². The first-order valence-electron chi connectivity index (χ1n) is 12.4. The zero-order valence-corrected chi connectivity index (χ0v) is 21.5. The Bertz CT molecular complexity index is 1820. The maximum absolute atomic E-state index is 14.4. The molecule has 0 aliphatic carbocycles. The molecule has 4 aromatic heterocycles. The van der Waals surface area contributed by atoms with Gasteiger partial charge in [-0.2, -0.15) is 5.10 Å². The quantitative estimate of drug-likeness (QED) is 0.318. The van der Waals surface area contributed by atoms with Crippen LogP contribution in [0, 0.1) is 11.2 Å². The number of rotatable bonds is 4. The van der Waals surface area contributed by atoms with Crippen LogP contribution in [-0.2, 0) is 6.54 Å². The fraction of sp³-hybridized carbons (Fsp3) is 0.308. The maximum Gasteiger partial charge on any atom is 0.407 e. The molecule has 12 nitrogen and oxygen atoms in total. The number of H-pyrrole nitrogens is 1. The van der Waals surface area contributed by atoms with Gasteiger partial charge in [-0.3, -0.25) is 9.55 Å². The van der Waals surface area contributed by atoms with E-state index < -0.39 is 29.3 Å². The normalized spacial score (nSPS) is 17.6. The van der Waals surface area contributed by atoms with Gasteiger partial charge in [0.25, 0.3) is 0 Å². The Balaban J connectivity index is 1.46. The Hall–Kier alpha value is -4.81. The number of fused-ring (bicyclic) bond motifs is 2. The highest BCUT2D eigenvalue weighted by molar-refractivity contribution is 5.92. The smallest absolute Gasteiger partial charge is 0.407 e. The molecule has 2 unspecified atom stereocenters. The van der Waals surface area contributed by atoms with E-state index in [2.05, 4.69) is 25.0 Å². The van der Waals surface area contributed by atoms with Crippen LogP contribution < -0.4 is 11.4 Å². The Morgan fingerprint density at radius 2 is 1.97 bits per heavy atom.